The van der Waals surface area contributed by atoms with Crippen molar-refractivity contribution in [3.63, 3.8) is 0 Å². The molecule has 1 rings (SSSR count). The molecule has 64 valence electrons. The molecule has 0 aliphatic carbocycles. The molecule has 0 unspecified atom stereocenters. The molecular formula is C10H6O3. The average Bonchev–Trinajstić information content (AvgIpc) is 2.65. The Morgan fingerprint density at radius 1 is 1.54 bits per heavy atom. The van der Waals surface area contributed by atoms with Gasteiger partial charge in [-0.15, -0.1) is 0 Å². The molecular weight excluding hydrogens is 168 g/mol. The zero-order valence-electron chi connectivity index (χ0n) is 6.69. The van der Waals surface area contributed by atoms with Crippen LogP contribution < -0.4 is 0 Å². The molecule has 0 atom stereocenters. The van der Waals surface area contributed by atoms with Gasteiger partial charge in [0.2, 0.25) is 0 Å². The summed E-state index contributed by atoms with van der Waals surface area (Å²) in [6.07, 6.45) is 4.50. The van der Waals surface area contributed by atoms with E-state index in [0.717, 1.165) is 0 Å². The molecule has 1 aromatic heterocycles. The van der Waals surface area contributed by atoms with Crippen molar-refractivity contribution in [2.24, 2.45) is 0 Å². The Morgan fingerprint density at radius 3 is 3.00 bits per heavy atom. The quantitative estimate of drug-likeness (QED) is 0.223. The molecule has 0 fully saturated rings. The number of hydrogen-bond acceptors (Lipinski definition) is 3. The number of rotatable bonds is 2. The minimum Gasteiger partial charge on any atom is -0.460 e. The fraction of sp³-hybridized carbons (Fsp3) is 0. The second-order valence-corrected chi connectivity index (χ2v) is 2.07. The van der Waals surface area contributed by atoms with Gasteiger partial charge in [0.05, 0.1) is 6.26 Å². The maximum Gasteiger partial charge on any atom is 0.271 e. The molecule has 0 aromatic carbocycles. The Morgan fingerprint density at radius 2 is 2.38 bits per heavy atom. The number of carbonyl (C=O) groups excluding carboxylic acids is 2. The van der Waals surface area contributed by atoms with Crippen LogP contribution in [0.2, 0.25) is 0 Å². The third kappa shape index (κ3) is 2.80. The van der Waals surface area contributed by atoms with Crippen molar-refractivity contribution in [1.82, 2.24) is 0 Å². The van der Waals surface area contributed by atoms with Crippen molar-refractivity contribution in [2.75, 3.05) is 0 Å². The zero-order chi connectivity index (χ0) is 9.52. The number of aldehydes is 1. The van der Waals surface area contributed by atoms with Gasteiger partial charge >= 0.3 is 0 Å². The van der Waals surface area contributed by atoms with Gasteiger partial charge in [0, 0.05) is 0 Å². The molecule has 0 N–H and O–H groups in total. The van der Waals surface area contributed by atoms with E-state index in [1.54, 1.807) is 6.07 Å². The monoisotopic (exact) mass is 174 g/mol. The summed E-state index contributed by atoms with van der Waals surface area (Å²) in [7, 11) is 0. The molecule has 1 heterocycles. The summed E-state index contributed by atoms with van der Waals surface area (Å²) in [5.74, 6) is 4.49. The molecule has 0 aliphatic rings. The van der Waals surface area contributed by atoms with Crippen LogP contribution >= 0.6 is 0 Å². The Labute approximate surface area is 75.0 Å². The van der Waals surface area contributed by atoms with Gasteiger partial charge in [-0.1, -0.05) is 5.92 Å². The number of hydrogen-bond donors (Lipinski definition) is 0. The normalized spacial score (nSPS) is 9.23. The van der Waals surface area contributed by atoms with Crippen LogP contribution in [-0.2, 0) is 4.79 Å². The summed E-state index contributed by atoms with van der Waals surface area (Å²) in [5.41, 5.74) is 0. The largest absolute Gasteiger partial charge is 0.460 e. The molecule has 0 radical (unpaired) electrons. The van der Waals surface area contributed by atoms with E-state index in [-0.39, 0.29) is 5.76 Å². The van der Waals surface area contributed by atoms with Crippen LogP contribution in [0.1, 0.15) is 10.6 Å². The van der Waals surface area contributed by atoms with Gasteiger partial charge < -0.3 is 4.42 Å². The standard InChI is InChI=1S/C10H6O3/c11-7-3-1-2-5-9(12)10-6-4-8-13-10/h1,3-4,6-8H/b3-1-. The van der Waals surface area contributed by atoms with Crippen LogP contribution in [0.25, 0.3) is 0 Å². The van der Waals surface area contributed by atoms with Gasteiger partial charge in [0.25, 0.3) is 5.78 Å². The molecule has 0 bridgehead atoms. The Bertz CT molecular complexity index is 374. The lowest BCUT2D eigenvalue weighted by Crippen LogP contribution is -1.90. The second-order valence-electron chi connectivity index (χ2n) is 2.07. The van der Waals surface area contributed by atoms with Gasteiger partial charge in [-0.3, -0.25) is 9.59 Å². The summed E-state index contributed by atoms with van der Waals surface area (Å²) in [5, 5.41) is 0. The predicted octanol–water partition coefficient (Wildman–Crippen LogP) is 1.22. The molecule has 13 heavy (non-hydrogen) atoms. The number of Topliss-reactive ketones (excluding diaryl/α,β-unsaturated/α-hetero) is 1. The fourth-order valence-corrected chi connectivity index (χ4v) is 0.664. The number of carbonyl (C=O) groups is 2. The first-order valence-electron chi connectivity index (χ1n) is 3.54. The number of allylic oxidation sites excluding steroid dienone is 2. The van der Waals surface area contributed by atoms with Crippen LogP contribution in [0, 0.1) is 11.8 Å². The second kappa shape index (κ2) is 4.73. The molecule has 0 saturated heterocycles. The highest BCUT2D eigenvalue weighted by Gasteiger charge is 2.02. The minimum absolute atomic E-state index is 0.201. The summed E-state index contributed by atoms with van der Waals surface area (Å²) < 4.78 is 4.81. The minimum atomic E-state index is -0.402. The Balaban J connectivity index is 2.64. The first kappa shape index (κ1) is 9.01. The molecule has 0 spiro atoms. The Hall–Kier alpha value is -2.08. The third-order valence-electron chi connectivity index (χ3n) is 1.19. The number of furan rings is 1. The first-order chi connectivity index (χ1) is 6.34. The van der Waals surface area contributed by atoms with Gasteiger partial charge in [-0.05, 0) is 30.2 Å². The zero-order valence-corrected chi connectivity index (χ0v) is 6.69. The van der Waals surface area contributed by atoms with Crippen molar-refractivity contribution >= 4 is 12.1 Å². The molecule has 0 amide bonds. The summed E-state index contributed by atoms with van der Waals surface area (Å²) >= 11 is 0. The van der Waals surface area contributed by atoms with Crippen molar-refractivity contribution in [2.45, 2.75) is 0 Å². The van der Waals surface area contributed by atoms with E-state index in [2.05, 4.69) is 11.8 Å². The highest BCUT2D eigenvalue weighted by molar-refractivity contribution is 6.07. The predicted molar refractivity (Wildman–Crippen MR) is 46.0 cm³/mol. The molecule has 1 aromatic rings. The lowest BCUT2D eigenvalue weighted by molar-refractivity contribution is -0.104. The first-order valence-corrected chi connectivity index (χ1v) is 3.54. The van der Waals surface area contributed by atoms with Gasteiger partial charge in [0.1, 0.15) is 6.29 Å². The van der Waals surface area contributed by atoms with Crippen molar-refractivity contribution < 1.29 is 14.0 Å². The number of ketones is 1. The molecule has 3 nitrogen and oxygen atoms in total. The van der Waals surface area contributed by atoms with Crippen molar-refractivity contribution in [3.8, 4) is 11.8 Å². The SMILES string of the molecule is O=C/C=C\C#CC(=O)c1ccco1. The molecule has 3 heteroatoms. The highest BCUT2D eigenvalue weighted by atomic mass is 16.3. The summed E-state index contributed by atoms with van der Waals surface area (Å²) in [6.45, 7) is 0. The smallest absolute Gasteiger partial charge is 0.271 e. The maximum absolute atomic E-state index is 11.1. The van der Waals surface area contributed by atoms with E-state index in [1.807, 2.05) is 0 Å². The lowest BCUT2D eigenvalue weighted by Gasteiger charge is -1.80. The van der Waals surface area contributed by atoms with E-state index in [1.165, 1.54) is 24.5 Å². The fourth-order valence-electron chi connectivity index (χ4n) is 0.664. The summed E-state index contributed by atoms with van der Waals surface area (Å²) in [4.78, 5) is 20.9. The van der Waals surface area contributed by atoms with Crippen LogP contribution in [0.3, 0.4) is 0 Å². The third-order valence-corrected chi connectivity index (χ3v) is 1.19. The van der Waals surface area contributed by atoms with E-state index >= 15 is 0 Å². The van der Waals surface area contributed by atoms with E-state index < -0.39 is 5.78 Å². The van der Waals surface area contributed by atoms with Crippen molar-refractivity contribution in [3.05, 3.63) is 36.3 Å². The van der Waals surface area contributed by atoms with Crippen LogP contribution in [0.15, 0.2) is 35.0 Å². The van der Waals surface area contributed by atoms with E-state index in [9.17, 15) is 9.59 Å². The lowest BCUT2D eigenvalue weighted by atomic mass is 10.3. The topological polar surface area (TPSA) is 47.3 Å². The van der Waals surface area contributed by atoms with Gasteiger partial charge in [-0.2, -0.15) is 0 Å². The highest BCUT2D eigenvalue weighted by Crippen LogP contribution is 1.99. The van der Waals surface area contributed by atoms with Gasteiger partial charge in [0.15, 0.2) is 5.76 Å². The average molecular weight is 174 g/mol. The summed E-state index contributed by atoms with van der Waals surface area (Å²) in [6, 6.07) is 3.14. The van der Waals surface area contributed by atoms with Gasteiger partial charge in [-0.25, -0.2) is 0 Å². The van der Waals surface area contributed by atoms with Crippen LogP contribution in [0.5, 0.6) is 0 Å². The van der Waals surface area contributed by atoms with Crippen LogP contribution in [0.4, 0.5) is 0 Å². The Kier molecular flexibility index (Phi) is 3.28. The van der Waals surface area contributed by atoms with Crippen LogP contribution in [-0.4, -0.2) is 12.1 Å². The van der Waals surface area contributed by atoms with Crippen molar-refractivity contribution in [1.29, 1.82) is 0 Å². The maximum atomic E-state index is 11.1. The molecule has 0 saturated carbocycles. The van der Waals surface area contributed by atoms with E-state index in [0.29, 0.717) is 6.29 Å². The van der Waals surface area contributed by atoms with E-state index in [4.69, 9.17) is 4.42 Å². The molecule has 0 aliphatic heterocycles.